The lowest BCUT2D eigenvalue weighted by Crippen LogP contribution is -2.67. The predicted octanol–water partition coefficient (Wildman–Crippen LogP) is 0.780. The molecule has 0 amide bonds. The average molecular weight is 304 g/mol. The number of nitrogens with zero attached hydrogens (tertiary/aromatic N) is 1. The highest BCUT2D eigenvalue weighted by Crippen LogP contribution is 2.41. The van der Waals surface area contributed by atoms with Crippen LogP contribution in [-0.4, -0.2) is 61.7 Å². The standard InChI is InChI=1S/C14H28N2O3S/c1-11-8-16(10-13(2,3)19-11)14(9-15)7-5-6-12(14)20(4,17)18/h11-12H,5-10,15H2,1-4H3. The fraction of sp³-hybridized carbons (Fsp3) is 1.00. The van der Waals surface area contributed by atoms with Crippen LogP contribution in [0.15, 0.2) is 0 Å². The Hall–Kier alpha value is -0.170. The molecule has 3 atom stereocenters. The Bertz CT molecular complexity index is 463. The van der Waals surface area contributed by atoms with Crippen molar-refractivity contribution in [3.8, 4) is 0 Å². The minimum atomic E-state index is -3.09. The van der Waals surface area contributed by atoms with E-state index in [1.54, 1.807) is 0 Å². The second-order valence-electron chi connectivity index (χ2n) is 7.09. The van der Waals surface area contributed by atoms with E-state index in [0.29, 0.717) is 6.54 Å². The zero-order valence-electron chi connectivity index (χ0n) is 13.1. The molecule has 2 rings (SSSR count). The number of nitrogens with two attached hydrogens (primary N) is 1. The molecular formula is C14H28N2O3S. The van der Waals surface area contributed by atoms with Gasteiger partial charge in [0, 0.05) is 25.9 Å². The van der Waals surface area contributed by atoms with Crippen LogP contribution in [0, 0.1) is 0 Å². The van der Waals surface area contributed by atoms with Crippen LogP contribution in [0.4, 0.5) is 0 Å². The zero-order valence-corrected chi connectivity index (χ0v) is 13.9. The molecule has 118 valence electrons. The molecule has 0 bridgehead atoms. The van der Waals surface area contributed by atoms with Gasteiger partial charge in [-0.25, -0.2) is 8.42 Å². The molecule has 6 heteroatoms. The van der Waals surface area contributed by atoms with Gasteiger partial charge in [0.25, 0.3) is 0 Å². The van der Waals surface area contributed by atoms with Gasteiger partial charge in [-0.1, -0.05) is 6.42 Å². The van der Waals surface area contributed by atoms with Crippen molar-refractivity contribution in [3.05, 3.63) is 0 Å². The molecule has 0 spiro atoms. The zero-order chi connectivity index (χ0) is 15.2. The molecule has 0 aromatic rings. The number of ether oxygens (including phenoxy) is 1. The Morgan fingerprint density at radius 2 is 2.05 bits per heavy atom. The van der Waals surface area contributed by atoms with Gasteiger partial charge in [0.2, 0.25) is 0 Å². The van der Waals surface area contributed by atoms with Gasteiger partial charge in [-0.15, -0.1) is 0 Å². The third-order valence-electron chi connectivity index (χ3n) is 4.74. The Morgan fingerprint density at radius 1 is 1.40 bits per heavy atom. The van der Waals surface area contributed by atoms with Crippen molar-refractivity contribution in [2.24, 2.45) is 5.73 Å². The van der Waals surface area contributed by atoms with Crippen molar-refractivity contribution >= 4 is 9.84 Å². The average Bonchev–Trinajstić information content (AvgIpc) is 2.70. The normalized spacial score (nSPS) is 39.0. The Morgan fingerprint density at radius 3 is 2.55 bits per heavy atom. The van der Waals surface area contributed by atoms with Gasteiger partial charge in [-0.2, -0.15) is 0 Å². The van der Waals surface area contributed by atoms with Crippen LogP contribution in [0.1, 0.15) is 40.0 Å². The van der Waals surface area contributed by atoms with Crippen LogP contribution in [0.5, 0.6) is 0 Å². The Balaban J connectivity index is 2.35. The summed E-state index contributed by atoms with van der Waals surface area (Å²) in [5, 5.41) is -0.346. The van der Waals surface area contributed by atoms with Gasteiger partial charge in [0.15, 0.2) is 9.84 Å². The topological polar surface area (TPSA) is 72.6 Å². The minimum Gasteiger partial charge on any atom is -0.370 e. The maximum atomic E-state index is 12.2. The highest BCUT2D eigenvalue weighted by molar-refractivity contribution is 7.91. The van der Waals surface area contributed by atoms with Crippen LogP contribution < -0.4 is 5.73 Å². The van der Waals surface area contributed by atoms with Gasteiger partial charge >= 0.3 is 0 Å². The van der Waals surface area contributed by atoms with E-state index >= 15 is 0 Å². The lowest BCUT2D eigenvalue weighted by molar-refractivity contribution is -0.151. The van der Waals surface area contributed by atoms with Gasteiger partial charge in [-0.05, 0) is 33.6 Å². The molecule has 1 aliphatic heterocycles. The van der Waals surface area contributed by atoms with Crippen molar-refractivity contribution in [2.45, 2.75) is 62.5 Å². The molecule has 1 heterocycles. The van der Waals surface area contributed by atoms with Crippen molar-refractivity contribution in [2.75, 3.05) is 25.9 Å². The third-order valence-corrected chi connectivity index (χ3v) is 6.45. The summed E-state index contributed by atoms with van der Waals surface area (Å²) in [7, 11) is -3.09. The summed E-state index contributed by atoms with van der Waals surface area (Å²) in [6, 6.07) is 0. The molecule has 2 aliphatic rings. The predicted molar refractivity (Wildman–Crippen MR) is 80.5 cm³/mol. The number of hydrogen-bond donors (Lipinski definition) is 1. The molecular weight excluding hydrogens is 276 g/mol. The van der Waals surface area contributed by atoms with Crippen LogP contribution in [0.3, 0.4) is 0 Å². The lowest BCUT2D eigenvalue weighted by Gasteiger charge is -2.51. The summed E-state index contributed by atoms with van der Waals surface area (Å²) >= 11 is 0. The molecule has 2 fully saturated rings. The first-order valence-electron chi connectivity index (χ1n) is 7.42. The second kappa shape index (κ2) is 5.23. The summed E-state index contributed by atoms with van der Waals surface area (Å²) in [6.45, 7) is 8.05. The number of sulfone groups is 1. The van der Waals surface area contributed by atoms with E-state index in [4.69, 9.17) is 10.5 Å². The SMILES string of the molecule is CC1CN(C2(CN)CCCC2S(C)(=O)=O)CC(C)(C)O1. The highest BCUT2D eigenvalue weighted by Gasteiger charge is 2.53. The molecule has 2 N–H and O–H groups in total. The molecule has 20 heavy (non-hydrogen) atoms. The highest BCUT2D eigenvalue weighted by atomic mass is 32.2. The summed E-state index contributed by atoms with van der Waals surface area (Å²) in [5.74, 6) is 0. The molecule has 1 aliphatic carbocycles. The lowest BCUT2D eigenvalue weighted by atomic mass is 9.91. The van der Waals surface area contributed by atoms with E-state index in [9.17, 15) is 8.42 Å². The van der Waals surface area contributed by atoms with E-state index < -0.39 is 15.4 Å². The van der Waals surface area contributed by atoms with Crippen LogP contribution >= 0.6 is 0 Å². The van der Waals surface area contributed by atoms with E-state index in [2.05, 4.69) is 18.7 Å². The quantitative estimate of drug-likeness (QED) is 0.834. The van der Waals surface area contributed by atoms with Gasteiger partial charge in [-0.3, -0.25) is 4.90 Å². The Kier molecular flexibility index (Phi) is 4.24. The monoisotopic (exact) mass is 304 g/mol. The fourth-order valence-electron chi connectivity index (χ4n) is 4.15. The number of morpholine rings is 1. The Labute approximate surface area is 122 Å². The molecule has 1 saturated carbocycles. The first kappa shape index (κ1) is 16.2. The van der Waals surface area contributed by atoms with Gasteiger partial charge < -0.3 is 10.5 Å². The van der Waals surface area contributed by atoms with E-state index in [0.717, 1.165) is 32.4 Å². The van der Waals surface area contributed by atoms with Crippen molar-refractivity contribution in [1.29, 1.82) is 0 Å². The van der Waals surface area contributed by atoms with E-state index in [1.807, 2.05) is 6.92 Å². The van der Waals surface area contributed by atoms with Crippen LogP contribution in [0.2, 0.25) is 0 Å². The van der Waals surface area contributed by atoms with Gasteiger partial charge in [0.05, 0.1) is 22.5 Å². The van der Waals surface area contributed by atoms with Crippen molar-refractivity contribution in [1.82, 2.24) is 4.90 Å². The van der Waals surface area contributed by atoms with E-state index in [-0.39, 0.29) is 17.0 Å². The third kappa shape index (κ3) is 2.89. The van der Waals surface area contributed by atoms with Crippen molar-refractivity contribution < 1.29 is 13.2 Å². The number of rotatable bonds is 3. The summed E-state index contributed by atoms with van der Waals surface area (Å²) in [6.07, 6.45) is 3.97. The van der Waals surface area contributed by atoms with Crippen LogP contribution in [0.25, 0.3) is 0 Å². The summed E-state index contributed by atoms with van der Waals surface area (Å²) in [4.78, 5) is 2.29. The molecule has 3 unspecified atom stereocenters. The largest absolute Gasteiger partial charge is 0.370 e. The van der Waals surface area contributed by atoms with Crippen LogP contribution in [-0.2, 0) is 14.6 Å². The molecule has 0 aromatic heterocycles. The number of hydrogen-bond acceptors (Lipinski definition) is 5. The molecule has 0 radical (unpaired) electrons. The molecule has 5 nitrogen and oxygen atoms in total. The van der Waals surface area contributed by atoms with Gasteiger partial charge in [0.1, 0.15) is 0 Å². The first-order chi connectivity index (χ1) is 9.11. The fourth-order valence-corrected chi connectivity index (χ4v) is 5.91. The molecule has 1 saturated heterocycles. The smallest absolute Gasteiger partial charge is 0.152 e. The second-order valence-corrected chi connectivity index (χ2v) is 9.31. The maximum absolute atomic E-state index is 12.2. The molecule has 0 aromatic carbocycles. The van der Waals surface area contributed by atoms with E-state index in [1.165, 1.54) is 6.26 Å². The maximum Gasteiger partial charge on any atom is 0.152 e. The first-order valence-corrected chi connectivity index (χ1v) is 9.38. The summed E-state index contributed by atoms with van der Waals surface area (Å²) < 4.78 is 30.3. The summed E-state index contributed by atoms with van der Waals surface area (Å²) in [5.41, 5.74) is 5.40. The minimum absolute atomic E-state index is 0.1000. The van der Waals surface area contributed by atoms with Crippen molar-refractivity contribution in [3.63, 3.8) is 0 Å².